The predicted molar refractivity (Wildman–Crippen MR) is 93.7 cm³/mol. The van der Waals surface area contributed by atoms with Crippen LogP contribution in [-0.2, 0) is 12.8 Å². The summed E-state index contributed by atoms with van der Waals surface area (Å²) in [6, 6.07) is 18.9. The fourth-order valence-corrected chi connectivity index (χ4v) is 4.37. The molecule has 4 nitrogen and oxygen atoms in total. The van der Waals surface area contributed by atoms with E-state index in [0.29, 0.717) is 5.92 Å². The molecule has 0 spiro atoms. The molecule has 1 amide bonds. The lowest BCUT2D eigenvalue weighted by atomic mass is 9.79. The smallest absolute Gasteiger partial charge is 0.272 e. The molecule has 120 valence electrons. The van der Waals surface area contributed by atoms with E-state index >= 15 is 0 Å². The van der Waals surface area contributed by atoms with Gasteiger partial charge < -0.3 is 0 Å². The van der Waals surface area contributed by atoms with Gasteiger partial charge in [-0.2, -0.15) is 0 Å². The number of para-hydroxylation sites is 1. The molecule has 2 atom stereocenters. The van der Waals surface area contributed by atoms with E-state index in [9.17, 15) is 4.79 Å². The summed E-state index contributed by atoms with van der Waals surface area (Å²) in [5.74, 6) is 0.476. The number of aryl methyl sites for hydroxylation is 1. The molecule has 0 fully saturated rings. The zero-order valence-corrected chi connectivity index (χ0v) is 13.3. The molecular weight excluding hydrogens is 298 g/mol. The fourth-order valence-electron chi connectivity index (χ4n) is 4.37. The quantitative estimate of drug-likeness (QED) is 0.759. The molecule has 3 aromatic rings. The lowest BCUT2D eigenvalue weighted by Crippen LogP contribution is -2.52. The third-order valence-electron chi connectivity index (χ3n) is 5.43. The summed E-state index contributed by atoms with van der Waals surface area (Å²) in [6.07, 6.45) is 3.19. The van der Waals surface area contributed by atoms with Gasteiger partial charge in [-0.25, -0.2) is 10.2 Å². The van der Waals surface area contributed by atoms with E-state index in [1.807, 2.05) is 16.7 Å². The average molecular weight is 317 g/mol. The number of nitrogens with zero attached hydrogens (tertiary/aromatic N) is 1. The molecule has 0 saturated heterocycles. The number of hydrogen-bond acceptors (Lipinski definition) is 2. The first-order valence-electron chi connectivity index (χ1n) is 8.55. The maximum absolute atomic E-state index is 12.5. The number of fused-ring (bicyclic) bond motifs is 3. The first-order chi connectivity index (χ1) is 11.8. The number of nitrogens with one attached hydrogen (secondary N) is 2. The molecular formula is C20H19N3O. The lowest BCUT2D eigenvalue weighted by Gasteiger charge is -2.37. The summed E-state index contributed by atoms with van der Waals surface area (Å²) in [7, 11) is 0. The third kappa shape index (κ3) is 1.93. The van der Waals surface area contributed by atoms with Crippen LogP contribution in [-0.4, -0.2) is 10.6 Å². The molecule has 2 aromatic carbocycles. The first kappa shape index (κ1) is 13.8. The maximum Gasteiger partial charge on any atom is 0.340 e. The van der Waals surface area contributed by atoms with Gasteiger partial charge in [-0.3, -0.25) is 9.99 Å². The minimum Gasteiger partial charge on any atom is -0.272 e. The Morgan fingerprint density at radius 2 is 1.83 bits per heavy atom. The van der Waals surface area contributed by atoms with Crippen molar-refractivity contribution in [2.75, 3.05) is 0 Å². The van der Waals surface area contributed by atoms with Gasteiger partial charge in [0.2, 0.25) is 0 Å². The Balaban J connectivity index is 1.63. The highest BCUT2D eigenvalue weighted by atomic mass is 16.2. The summed E-state index contributed by atoms with van der Waals surface area (Å²) >= 11 is 0. The minimum atomic E-state index is -0.0796. The molecule has 1 aliphatic heterocycles. The van der Waals surface area contributed by atoms with Gasteiger partial charge in [-0.05, 0) is 42.4 Å². The molecule has 0 bridgehead atoms. The van der Waals surface area contributed by atoms with Crippen molar-refractivity contribution in [3.63, 3.8) is 0 Å². The predicted octanol–water partition coefficient (Wildman–Crippen LogP) is 3.56. The second-order valence-corrected chi connectivity index (χ2v) is 6.76. The van der Waals surface area contributed by atoms with Crippen molar-refractivity contribution >= 4 is 16.9 Å². The van der Waals surface area contributed by atoms with Gasteiger partial charge in [-0.1, -0.05) is 48.5 Å². The third-order valence-corrected chi connectivity index (χ3v) is 5.43. The molecule has 24 heavy (non-hydrogen) atoms. The topological polar surface area (TPSA) is 46.1 Å². The Morgan fingerprint density at radius 1 is 1.04 bits per heavy atom. The summed E-state index contributed by atoms with van der Waals surface area (Å²) < 4.78 is 1.88. The second-order valence-electron chi connectivity index (χ2n) is 6.76. The van der Waals surface area contributed by atoms with Crippen LogP contribution in [0.2, 0.25) is 0 Å². The van der Waals surface area contributed by atoms with Crippen LogP contribution >= 0.6 is 0 Å². The molecule has 1 aromatic heterocycles. The van der Waals surface area contributed by atoms with Crippen LogP contribution in [0.15, 0.2) is 54.6 Å². The molecule has 0 saturated carbocycles. The SMILES string of the molecule is O=C1NNC2c3c(c4ccccc4n31)CCC2Cc1ccccc1. The van der Waals surface area contributed by atoms with E-state index in [2.05, 4.69) is 53.3 Å². The normalized spacial score (nSPS) is 22.2. The van der Waals surface area contributed by atoms with Gasteiger partial charge in [0.15, 0.2) is 0 Å². The van der Waals surface area contributed by atoms with Crippen LogP contribution in [0.25, 0.3) is 10.9 Å². The van der Waals surface area contributed by atoms with Crippen molar-refractivity contribution < 1.29 is 4.79 Å². The maximum atomic E-state index is 12.5. The van der Waals surface area contributed by atoms with Crippen LogP contribution in [0.5, 0.6) is 0 Å². The van der Waals surface area contributed by atoms with Gasteiger partial charge >= 0.3 is 6.03 Å². The Hall–Kier alpha value is -2.59. The van der Waals surface area contributed by atoms with E-state index in [4.69, 9.17) is 0 Å². The number of carbonyl (C=O) groups is 1. The summed E-state index contributed by atoms with van der Waals surface area (Å²) in [6.45, 7) is 0. The summed E-state index contributed by atoms with van der Waals surface area (Å²) in [4.78, 5) is 12.5. The molecule has 0 radical (unpaired) electrons. The lowest BCUT2D eigenvalue weighted by molar-refractivity contribution is 0.210. The zero-order chi connectivity index (χ0) is 16.1. The van der Waals surface area contributed by atoms with Crippen LogP contribution in [0.4, 0.5) is 4.79 Å². The zero-order valence-electron chi connectivity index (χ0n) is 13.3. The van der Waals surface area contributed by atoms with Crippen molar-refractivity contribution in [1.29, 1.82) is 0 Å². The van der Waals surface area contributed by atoms with E-state index < -0.39 is 0 Å². The Bertz CT molecular complexity index is 929. The van der Waals surface area contributed by atoms with E-state index in [1.54, 1.807) is 0 Å². The Kier molecular flexibility index (Phi) is 3.00. The summed E-state index contributed by atoms with van der Waals surface area (Å²) in [5.41, 5.74) is 11.0. The van der Waals surface area contributed by atoms with Crippen LogP contribution < -0.4 is 10.9 Å². The van der Waals surface area contributed by atoms with Gasteiger partial charge in [0.05, 0.1) is 17.3 Å². The van der Waals surface area contributed by atoms with Crippen LogP contribution in [0, 0.1) is 5.92 Å². The minimum absolute atomic E-state index is 0.0796. The first-order valence-corrected chi connectivity index (χ1v) is 8.55. The number of rotatable bonds is 2. The van der Waals surface area contributed by atoms with Crippen molar-refractivity contribution in [3.05, 3.63) is 71.4 Å². The van der Waals surface area contributed by atoms with E-state index in [-0.39, 0.29) is 12.1 Å². The van der Waals surface area contributed by atoms with Crippen LogP contribution in [0.1, 0.15) is 29.3 Å². The number of aromatic nitrogens is 1. The highest BCUT2D eigenvalue weighted by Gasteiger charge is 2.38. The van der Waals surface area contributed by atoms with Crippen molar-refractivity contribution in [3.8, 4) is 0 Å². The van der Waals surface area contributed by atoms with Crippen molar-refractivity contribution in [2.45, 2.75) is 25.3 Å². The molecule has 2 N–H and O–H groups in total. The van der Waals surface area contributed by atoms with Crippen LogP contribution in [0.3, 0.4) is 0 Å². The van der Waals surface area contributed by atoms with Gasteiger partial charge in [0, 0.05) is 5.39 Å². The average Bonchev–Trinajstić information content (AvgIpc) is 2.96. The molecule has 2 heterocycles. The summed E-state index contributed by atoms with van der Waals surface area (Å²) in [5, 5.41) is 1.22. The monoisotopic (exact) mass is 317 g/mol. The number of benzene rings is 2. The highest BCUT2D eigenvalue weighted by Crippen LogP contribution is 2.42. The fraction of sp³-hybridized carbons (Fsp3) is 0.250. The molecule has 2 unspecified atom stereocenters. The molecule has 2 aliphatic rings. The standard InChI is InChI=1S/C20H19N3O/c24-20-22-21-18-14(12-13-6-2-1-3-7-13)10-11-16-15-8-4-5-9-17(15)23(20)19(16)18/h1-9,14,18,21H,10-12H2,(H,22,24). The second kappa shape index (κ2) is 5.21. The largest absolute Gasteiger partial charge is 0.340 e. The van der Waals surface area contributed by atoms with Crippen molar-refractivity contribution in [2.24, 2.45) is 5.92 Å². The number of carbonyl (C=O) groups excluding carboxylic acids is 1. The molecule has 1 aliphatic carbocycles. The van der Waals surface area contributed by atoms with Gasteiger partial charge in [0.1, 0.15) is 0 Å². The number of hydrogen-bond donors (Lipinski definition) is 2. The van der Waals surface area contributed by atoms with E-state index in [0.717, 1.165) is 30.5 Å². The van der Waals surface area contributed by atoms with Gasteiger partial charge in [-0.15, -0.1) is 0 Å². The van der Waals surface area contributed by atoms with Crippen molar-refractivity contribution in [1.82, 2.24) is 15.4 Å². The Labute approximate surface area is 140 Å². The Morgan fingerprint density at radius 3 is 2.71 bits per heavy atom. The van der Waals surface area contributed by atoms with E-state index in [1.165, 1.54) is 16.5 Å². The van der Waals surface area contributed by atoms with Gasteiger partial charge in [0.25, 0.3) is 0 Å². The molecule has 4 heteroatoms. The number of amides is 1. The molecule has 5 rings (SSSR count). The number of hydrazine groups is 1. The highest BCUT2D eigenvalue weighted by molar-refractivity contribution is 5.96.